The normalized spacial score (nSPS) is 12.2. The van der Waals surface area contributed by atoms with Gasteiger partial charge in [-0.25, -0.2) is 0 Å². The van der Waals surface area contributed by atoms with Crippen LogP contribution in [-0.4, -0.2) is 218 Å². The van der Waals surface area contributed by atoms with E-state index >= 15 is 0 Å². The smallest absolute Gasteiger partial charge is 0.224 e. The number of nitrogens with one attached hydrogen (secondary N) is 2. The van der Waals surface area contributed by atoms with Crippen molar-refractivity contribution in [2.24, 2.45) is 5.73 Å². The maximum Gasteiger partial charge on any atom is 0.224 e. The fraction of sp³-hybridized carbons (Fsp3) is 0.938. The van der Waals surface area contributed by atoms with E-state index < -0.39 is 6.23 Å². The standard InChI is InChI=1S/C48H98N4O14/c1-2-3-4-5-6-7-8-9-10-11-12-13-14-15-16-17-47(55)52(23-22-51-21-20-50-19-18-49)48(46-54)66-45-44-65-43-42-64-41-40-63-39-38-62-37-36-61-35-34-60-33-32-59-31-30-58-29-28-57-27-26-56-25-24-53/h9-10,48,50-51,53-54H,2-8,11-46,49H2,1H3/b10-9-. The first-order valence-corrected chi connectivity index (χ1v) is 25.4. The Morgan fingerprint density at radius 3 is 1.24 bits per heavy atom. The van der Waals surface area contributed by atoms with Crippen molar-refractivity contribution in [1.29, 1.82) is 0 Å². The molecule has 0 saturated heterocycles. The summed E-state index contributed by atoms with van der Waals surface area (Å²) in [5.74, 6) is -0.000186. The molecule has 66 heavy (non-hydrogen) atoms. The van der Waals surface area contributed by atoms with Crippen LogP contribution in [0.25, 0.3) is 0 Å². The highest BCUT2D eigenvalue weighted by Gasteiger charge is 2.23. The van der Waals surface area contributed by atoms with E-state index in [-0.39, 0.29) is 25.7 Å². The first-order chi connectivity index (χ1) is 32.7. The number of amides is 1. The molecule has 0 aromatic carbocycles. The van der Waals surface area contributed by atoms with Crippen LogP contribution in [0.2, 0.25) is 0 Å². The van der Waals surface area contributed by atoms with Gasteiger partial charge in [-0.15, -0.1) is 0 Å². The van der Waals surface area contributed by atoms with E-state index in [2.05, 4.69) is 29.7 Å². The highest BCUT2D eigenvalue weighted by atomic mass is 16.6. The molecule has 0 rings (SSSR count). The zero-order chi connectivity index (χ0) is 47.7. The molecule has 0 spiro atoms. The van der Waals surface area contributed by atoms with Crippen molar-refractivity contribution in [3.05, 3.63) is 12.2 Å². The monoisotopic (exact) mass is 955 g/mol. The second kappa shape index (κ2) is 57.9. The maximum atomic E-state index is 13.3. The summed E-state index contributed by atoms with van der Waals surface area (Å²) < 4.78 is 60.6. The molecule has 18 nitrogen and oxygen atoms in total. The number of hydrogen-bond acceptors (Lipinski definition) is 17. The number of carbonyl (C=O) groups excluding carboxylic acids is 1. The molecule has 1 atom stereocenters. The van der Waals surface area contributed by atoms with Gasteiger partial charge in [-0.05, 0) is 32.1 Å². The number of nitrogens with two attached hydrogens (primary N) is 1. The van der Waals surface area contributed by atoms with Gasteiger partial charge in [-0.2, -0.15) is 0 Å². The molecule has 0 saturated carbocycles. The minimum Gasteiger partial charge on any atom is -0.394 e. The molecule has 1 unspecified atom stereocenters. The lowest BCUT2D eigenvalue weighted by Crippen LogP contribution is -2.48. The number of ether oxygens (including phenoxy) is 11. The van der Waals surface area contributed by atoms with Gasteiger partial charge in [0.1, 0.15) is 0 Å². The van der Waals surface area contributed by atoms with Crippen LogP contribution in [0.5, 0.6) is 0 Å². The summed E-state index contributed by atoms with van der Waals surface area (Å²) in [6.07, 6.45) is 20.1. The minimum absolute atomic E-state index is 0.000186. The topological polar surface area (TPSA) is 212 Å². The number of aliphatic hydroxyl groups is 2. The molecular weight excluding hydrogens is 857 g/mol. The number of rotatable bonds is 58. The molecule has 0 fully saturated rings. The van der Waals surface area contributed by atoms with E-state index in [1.807, 2.05) is 0 Å². The third-order valence-electron chi connectivity index (χ3n) is 9.93. The molecule has 0 heterocycles. The van der Waals surface area contributed by atoms with Gasteiger partial charge < -0.3 is 83.6 Å². The number of allylic oxidation sites excluding steroid dienone is 2. The van der Waals surface area contributed by atoms with Crippen molar-refractivity contribution in [1.82, 2.24) is 15.5 Å². The summed E-state index contributed by atoms with van der Waals surface area (Å²) in [5.41, 5.74) is 5.55. The Hall–Kier alpha value is -1.43. The Balaban J connectivity index is 3.86. The van der Waals surface area contributed by atoms with Gasteiger partial charge in [0.2, 0.25) is 5.91 Å². The largest absolute Gasteiger partial charge is 0.394 e. The molecule has 0 radical (unpaired) electrons. The van der Waals surface area contributed by atoms with E-state index in [4.69, 9.17) is 62.9 Å². The molecule has 18 heteroatoms. The van der Waals surface area contributed by atoms with E-state index in [0.29, 0.717) is 158 Å². The third kappa shape index (κ3) is 50.4. The third-order valence-corrected chi connectivity index (χ3v) is 9.93. The van der Waals surface area contributed by atoms with E-state index in [9.17, 15) is 9.90 Å². The van der Waals surface area contributed by atoms with Crippen LogP contribution in [0.15, 0.2) is 12.2 Å². The molecule has 1 amide bonds. The van der Waals surface area contributed by atoms with Gasteiger partial charge in [0, 0.05) is 45.7 Å². The fourth-order valence-corrected chi connectivity index (χ4v) is 6.28. The molecule has 6 N–H and O–H groups in total. The predicted molar refractivity (Wildman–Crippen MR) is 258 cm³/mol. The average Bonchev–Trinajstić information content (AvgIpc) is 3.33. The fourth-order valence-electron chi connectivity index (χ4n) is 6.28. The van der Waals surface area contributed by atoms with Crippen molar-refractivity contribution in [2.75, 3.05) is 191 Å². The van der Waals surface area contributed by atoms with Gasteiger partial charge in [0.25, 0.3) is 0 Å². The van der Waals surface area contributed by atoms with Crippen LogP contribution in [0.4, 0.5) is 0 Å². The zero-order valence-corrected chi connectivity index (χ0v) is 41.5. The van der Waals surface area contributed by atoms with Gasteiger partial charge in [-0.3, -0.25) is 4.79 Å². The first kappa shape index (κ1) is 64.6. The van der Waals surface area contributed by atoms with Crippen LogP contribution >= 0.6 is 0 Å². The Kier molecular flexibility index (Phi) is 56.6. The van der Waals surface area contributed by atoms with Crippen LogP contribution in [-0.2, 0) is 56.9 Å². The number of nitrogens with zero attached hydrogens (tertiary/aromatic N) is 1. The summed E-state index contributed by atoms with van der Waals surface area (Å²) in [6.45, 7) is 15.3. The van der Waals surface area contributed by atoms with Crippen LogP contribution in [0.3, 0.4) is 0 Å². The summed E-state index contributed by atoms with van der Waals surface area (Å²) in [7, 11) is 0. The zero-order valence-electron chi connectivity index (χ0n) is 41.5. The van der Waals surface area contributed by atoms with Crippen molar-refractivity contribution in [3.8, 4) is 0 Å². The lowest BCUT2D eigenvalue weighted by atomic mass is 10.1. The number of unbranched alkanes of at least 4 members (excludes halogenated alkanes) is 11. The van der Waals surface area contributed by atoms with E-state index in [1.165, 1.54) is 57.8 Å². The van der Waals surface area contributed by atoms with E-state index in [0.717, 1.165) is 45.3 Å². The van der Waals surface area contributed by atoms with Crippen molar-refractivity contribution in [3.63, 3.8) is 0 Å². The maximum absolute atomic E-state index is 13.3. The van der Waals surface area contributed by atoms with Gasteiger partial charge in [0.15, 0.2) is 6.23 Å². The highest BCUT2D eigenvalue weighted by molar-refractivity contribution is 5.76. The second-order valence-electron chi connectivity index (χ2n) is 15.6. The predicted octanol–water partition coefficient (Wildman–Crippen LogP) is 3.48. The lowest BCUT2D eigenvalue weighted by Gasteiger charge is -2.31. The summed E-state index contributed by atoms with van der Waals surface area (Å²) in [6, 6.07) is 0. The van der Waals surface area contributed by atoms with Gasteiger partial charge in [-0.1, -0.05) is 70.4 Å². The number of hydrogen-bond donors (Lipinski definition) is 5. The Morgan fingerprint density at radius 2 is 0.848 bits per heavy atom. The Bertz CT molecular complexity index is 965. The molecule has 0 aromatic rings. The SMILES string of the molecule is CCCCCCCC/C=C\CCCCCCCC(=O)N(CCNCCNCCN)C(CO)OCCOCCOCCOCCOCCOCCOCCOCCOCCOCCOCCO. The van der Waals surface area contributed by atoms with Crippen molar-refractivity contribution < 1.29 is 67.1 Å². The molecule has 0 bridgehead atoms. The highest BCUT2D eigenvalue weighted by Crippen LogP contribution is 2.12. The summed E-state index contributed by atoms with van der Waals surface area (Å²) in [4.78, 5) is 15.0. The molecule has 0 aliphatic rings. The Labute approximate surface area is 399 Å². The van der Waals surface area contributed by atoms with Gasteiger partial charge >= 0.3 is 0 Å². The quantitative estimate of drug-likeness (QED) is 0.0336. The average molecular weight is 955 g/mol. The lowest BCUT2D eigenvalue weighted by molar-refractivity contribution is -0.153. The second-order valence-corrected chi connectivity index (χ2v) is 15.6. The first-order valence-electron chi connectivity index (χ1n) is 25.4. The summed E-state index contributed by atoms with van der Waals surface area (Å²) >= 11 is 0. The van der Waals surface area contributed by atoms with Gasteiger partial charge in [0.05, 0.1) is 152 Å². The van der Waals surface area contributed by atoms with Crippen molar-refractivity contribution >= 4 is 5.91 Å². The molecule has 0 aromatic heterocycles. The molecule has 394 valence electrons. The van der Waals surface area contributed by atoms with Crippen molar-refractivity contribution in [2.45, 2.75) is 103 Å². The van der Waals surface area contributed by atoms with Crippen LogP contribution < -0.4 is 16.4 Å². The molecular formula is C48H98N4O14. The minimum atomic E-state index is -0.728. The van der Waals surface area contributed by atoms with Crippen LogP contribution in [0, 0.1) is 0 Å². The van der Waals surface area contributed by atoms with E-state index in [1.54, 1.807) is 4.90 Å². The summed E-state index contributed by atoms with van der Waals surface area (Å²) in [5, 5.41) is 25.4. The Morgan fingerprint density at radius 1 is 0.485 bits per heavy atom. The molecule has 0 aliphatic carbocycles. The van der Waals surface area contributed by atoms with Crippen LogP contribution in [0.1, 0.15) is 96.8 Å². The number of carbonyl (C=O) groups is 1. The number of aliphatic hydroxyl groups excluding tert-OH is 2. The molecule has 0 aliphatic heterocycles.